The number of fused-ring (bicyclic) bond motifs is 1. The zero-order valence-electron chi connectivity index (χ0n) is 11.5. The number of anilines is 1. The number of amides is 1. The van der Waals surface area contributed by atoms with Gasteiger partial charge >= 0.3 is 0 Å². The van der Waals surface area contributed by atoms with Crippen molar-refractivity contribution in [3.8, 4) is 5.75 Å². The number of hydrogen-bond donors (Lipinski definition) is 1. The molecule has 22 heavy (non-hydrogen) atoms. The molecule has 0 radical (unpaired) electrons. The van der Waals surface area contributed by atoms with Crippen LogP contribution in [0.3, 0.4) is 0 Å². The topological polar surface area (TPSA) is 38.3 Å². The third kappa shape index (κ3) is 2.77. The van der Waals surface area contributed by atoms with Crippen molar-refractivity contribution >= 4 is 44.6 Å². The number of carbonyl (C=O) groups is 1. The van der Waals surface area contributed by atoms with Gasteiger partial charge < -0.3 is 10.1 Å². The standard InChI is InChI=1S/C16H11ClFNO2S/c1-21-14-12-8-9(17)2-7-13(12)22-15(14)16(20)19-11-5-3-10(18)4-6-11/h2-8H,1H3,(H,19,20). The minimum atomic E-state index is -0.355. The van der Waals surface area contributed by atoms with E-state index in [1.165, 1.54) is 42.7 Å². The summed E-state index contributed by atoms with van der Waals surface area (Å²) in [5.74, 6) is -0.171. The van der Waals surface area contributed by atoms with Crippen LogP contribution in [0, 0.1) is 5.82 Å². The smallest absolute Gasteiger partial charge is 0.269 e. The van der Waals surface area contributed by atoms with Crippen LogP contribution >= 0.6 is 22.9 Å². The molecule has 0 saturated heterocycles. The predicted molar refractivity (Wildman–Crippen MR) is 87.7 cm³/mol. The molecule has 112 valence electrons. The molecule has 1 amide bonds. The summed E-state index contributed by atoms with van der Waals surface area (Å²) in [4.78, 5) is 12.9. The maximum atomic E-state index is 12.9. The fourth-order valence-corrected chi connectivity index (χ4v) is 3.34. The average Bonchev–Trinajstić information content (AvgIpc) is 2.87. The summed E-state index contributed by atoms with van der Waals surface area (Å²) in [5.41, 5.74) is 0.518. The number of benzene rings is 2. The zero-order valence-corrected chi connectivity index (χ0v) is 13.1. The van der Waals surface area contributed by atoms with E-state index in [0.29, 0.717) is 21.3 Å². The Hall–Kier alpha value is -2.11. The van der Waals surface area contributed by atoms with Gasteiger partial charge in [0.2, 0.25) is 0 Å². The number of halogens is 2. The Bertz CT molecular complexity index is 845. The number of ether oxygens (including phenoxy) is 1. The van der Waals surface area contributed by atoms with Gasteiger partial charge in [-0.05, 0) is 42.5 Å². The van der Waals surface area contributed by atoms with Gasteiger partial charge in [-0.2, -0.15) is 0 Å². The maximum Gasteiger partial charge on any atom is 0.269 e. The Kier molecular flexibility index (Phi) is 4.00. The molecule has 3 aromatic rings. The van der Waals surface area contributed by atoms with E-state index in [1.807, 2.05) is 6.07 Å². The molecular formula is C16H11ClFNO2S. The second kappa shape index (κ2) is 5.94. The van der Waals surface area contributed by atoms with Crippen LogP contribution in [-0.2, 0) is 0 Å². The summed E-state index contributed by atoms with van der Waals surface area (Å²) in [7, 11) is 1.51. The molecule has 2 aromatic carbocycles. The van der Waals surface area contributed by atoms with Crippen molar-refractivity contribution in [3.63, 3.8) is 0 Å². The monoisotopic (exact) mass is 335 g/mol. The summed E-state index contributed by atoms with van der Waals surface area (Å²) in [6.07, 6.45) is 0. The van der Waals surface area contributed by atoms with Gasteiger partial charge in [-0.15, -0.1) is 11.3 Å². The van der Waals surface area contributed by atoms with Gasteiger partial charge in [0.1, 0.15) is 16.4 Å². The minimum absolute atomic E-state index is 0.305. The van der Waals surface area contributed by atoms with E-state index in [1.54, 1.807) is 12.1 Å². The molecule has 0 bridgehead atoms. The fourth-order valence-electron chi connectivity index (χ4n) is 2.12. The minimum Gasteiger partial charge on any atom is -0.494 e. The quantitative estimate of drug-likeness (QED) is 0.735. The van der Waals surface area contributed by atoms with E-state index in [9.17, 15) is 9.18 Å². The summed E-state index contributed by atoms with van der Waals surface area (Å²) in [5, 5.41) is 4.10. The van der Waals surface area contributed by atoms with Crippen molar-refractivity contribution in [1.29, 1.82) is 0 Å². The second-order valence-corrected chi connectivity index (χ2v) is 6.05. The number of carbonyl (C=O) groups excluding carboxylic acids is 1. The van der Waals surface area contributed by atoms with Gasteiger partial charge in [-0.3, -0.25) is 4.79 Å². The Morgan fingerprint density at radius 2 is 1.95 bits per heavy atom. The third-order valence-corrected chi connectivity index (χ3v) is 4.50. The molecule has 0 aliphatic carbocycles. The first-order valence-corrected chi connectivity index (χ1v) is 7.61. The summed E-state index contributed by atoms with van der Waals surface area (Å²) < 4.78 is 19.2. The molecule has 0 atom stereocenters. The first kappa shape index (κ1) is 14.8. The highest BCUT2D eigenvalue weighted by Crippen LogP contribution is 2.39. The molecule has 0 saturated carbocycles. The van der Waals surface area contributed by atoms with Gasteiger partial charge in [0.15, 0.2) is 0 Å². The predicted octanol–water partition coefficient (Wildman–Crippen LogP) is 4.95. The highest BCUT2D eigenvalue weighted by atomic mass is 35.5. The average molecular weight is 336 g/mol. The van der Waals surface area contributed by atoms with Crippen LogP contribution in [0.15, 0.2) is 42.5 Å². The van der Waals surface area contributed by atoms with Gasteiger partial charge in [-0.1, -0.05) is 11.6 Å². The first-order valence-electron chi connectivity index (χ1n) is 6.41. The van der Waals surface area contributed by atoms with E-state index >= 15 is 0 Å². The van der Waals surface area contributed by atoms with Gasteiger partial charge in [0, 0.05) is 20.8 Å². The lowest BCUT2D eigenvalue weighted by molar-refractivity contribution is 0.102. The van der Waals surface area contributed by atoms with Gasteiger partial charge in [-0.25, -0.2) is 4.39 Å². The Balaban J connectivity index is 1.98. The normalized spacial score (nSPS) is 10.7. The number of rotatable bonds is 3. The number of thiophene rings is 1. The Labute approximate surface area is 135 Å². The van der Waals surface area contributed by atoms with Crippen LogP contribution in [0.4, 0.5) is 10.1 Å². The molecule has 0 aliphatic heterocycles. The number of nitrogens with one attached hydrogen (secondary N) is 1. The SMILES string of the molecule is COc1c(C(=O)Nc2ccc(F)cc2)sc2ccc(Cl)cc12. The lowest BCUT2D eigenvalue weighted by Gasteiger charge is -2.05. The molecule has 3 rings (SSSR count). The van der Waals surface area contributed by atoms with E-state index in [2.05, 4.69) is 5.32 Å². The number of hydrogen-bond acceptors (Lipinski definition) is 3. The van der Waals surface area contributed by atoms with Crippen LogP contribution in [0.1, 0.15) is 9.67 Å². The van der Waals surface area contributed by atoms with Crippen LogP contribution < -0.4 is 10.1 Å². The molecule has 3 nitrogen and oxygen atoms in total. The largest absolute Gasteiger partial charge is 0.494 e. The molecule has 1 N–H and O–H groups in total. The summed E-state index contributed by atoms with van der Waals surface area (Å²) >= 11 is 7.31. The molecule has 1 heterocycles. The third-order valence-electron chi connectivity index (χ3n) is 3.12. The lowest BCUT2D eigenvalue weighted by atomic mass is 10.2. The van der Waals surface area contributed by atoms with Crippen molar-refractivity contribution < 1.29 is 13.9 Å². The van der Waals surface area contributed by atoms with E-state index in [0.717, 1.165) is 10.1 Å². The highest BCUT2D eigenvalue weighted by molar-refractivity contribution is 7.21. The van der Waals surface area contributed by atoms with Crippen LogP contribution in [0.25, 0.3) is 10.1 Å². The van der Waals surface area contributed by atoms with Crippen LogP contribution in [0.5, 0.6) is 5.75 Å². The molecule has 0 unspecified atom stereocenters. The highest BCUT2D eigenvalue weighted by Gasteiger charge is 2.19. The molecule has 6 heteroatoms. The number of methoxy groups -OCH3 is 1. The van der Waals surface area contributed by atoms with Crippen molar-refractivity contribution in [3.05, 3.63) is 58.2 Å². The van der Waals surface area contributed by atoms with Crippen molar-refractivity contribution in [2.45, 2.75) is 0 Å². The van der Waals surface area contributed by atoms with E-state index < -0.39 is 0 Å². The summed E-state index contributed by atoms with van der Waals surface area (Å²) in [6.45, 7) is 0. The summed E-state index contributed by atoms with van der Waals surface area (Å²) in [6, 6.07) is 11.0. The molecule has 0 aliphatic rings. The van der Waals surface area contributed by atoms with Gasteiger partial charge in [0.25, 0.3) is 5.91 Å². The second-order valence-electron chi connectivity index (χ2n) is 4.57. The Morgan fingerprint density at radius 1 is 1.23 bits per heavy atom. The molecule has 0 fully saturated rings. The van der Waals surface area contributed by atoms with E-state index in [-0.39, 0.29) is 11.7 Å². The van der Waals surface area contributed by atoms with Crippen molar-refractivity contribution in [2.75, 3.05) is 12.4 Å². The lowest BCUT2D eigenvalue weighted by Crippen LogP contribution is -2.11. The van der Waals surface area contributed by atoms with Crippen molar-refractivity contribution in [1.82, 2.24) is 0 Å². The molecule has 0 spiro atoms. The molecule has 1 aromatic heterocycles. The molecular weight excluding hydrogens is 325 g/mol. The van der Waals surface area contributed by atoms with Gasteiger partial charge in [0.05, 0.1) is 7.11 Å². The van der Waals surface area contributed by atoms with Crippen molar-refractivity contribution in [2.24, 2.45) is 0 Å². The van der Waals surface area contributed by atoms with Crippen LogP contribution in [0.2, 0.25) is 5.02 Å². The maximum absolute atomic E-state index is 12.9. The zero-order chi connectivity index (χ0) is 15.7. The van der Waals surface area contributed by atoms with E-state index in [4.69, 9.17) is 16.3 Å². The first-order chi connectivity index (χ1) is 10.6. The van der Waals surface area contributed by atoms with Crippen LogP contribution in [-0.4, -0.2) is 13.0 Å². The Morgan fingerprint density at radius 3 is 2.64 bits per heavy atom. The fraction of sp³-hybridized carbons (Fsp3) is 0.0625.